The largest absolute Gasteiger partial charge is 0.756 e. The van der Waals surface area contributed by atoms with Crippen LogP contribution in [0.25, 0.3) is 0 Å². The molecule has 1 aliphatic rings. The molecule has 1 saturated carbocycles. The van der Waals surface area contributed by atoms with E-state index in [1.807, 2.05) is 21.1 Å². The Morgan fingerprint density at radius 2 is 1.15 bits per heavy atom. The van der Waals surface area contributed by atoms with Gasteiger partial charge >= 0.3 is 11.9 Å². The maximum absolute atomic E-state index is 12.9. The molecule has 1 fully saturated rings. The lowest BCUT2D eigenvalue weighted by atomic mass is 9.88. The Labute approximate surface area is 396 Å². The number of ether oxygens (including phenoxy) is 2. The number of aliphatic hydroxyl groups is 2. The Kier molecular flexibility index (Phi) is 37.0. The number of phosphoric ester groups is 1. The maximum atomic E-state index is 12.9. The summed E-state index contributed by atoms with van der Waals surface area (Å²) < 4.78 is 34.0. The van der Waals surface area contributed by atoms with Gasteiger partial charge in [0, 0.05) is 25.2 Å². The number of hydrogen-bond acceptors (Lipinski definition) is 11. The first kappa shape index (κ1) is 61.4. The number of carbonyl (C=O) groups excluding carboxylic acids is 3. The number of rotatable bonds is 45. The van der Waals surface area contributed by atoms with E-state index in [2.05, 4.69) is 13.8 Å². The smallest absolute Gasteiger partial charge is 0.306 e. The van der Waals surface area contributed by atoms with Crippen LogP contribution in [0.2, 0.25) is 0 Å². The van der Waals surface area contributed by atoms with E-state index < -0.39 is 50.6 Å². The summed E-state index contributed by atoms with van der Waals surface area (Å²) in [6, 6.07) is 0. The number of phosphoric acid groups is 1. The van der Waals surface area contributed by atoms with Gasteiger partial charge in [-0.05, 0) is 31.6 Å². The lowest BCUT2D eigenvalue weighted by molar-refractivity contribution is -0.870. The molecule has 6 atom stereocenters. The molecule has 0 amide bonds. The van der Waals surface area contributed by atoms with Gasteiger partial charge in [-0.3, -0.25) is 18.9 Å². The topological polar surface area (TPSA) is 169 Å². The lowest BCUT2D eigenvalue weighted by Gasteiger charge is -2.28. The van der Waals surface area contributed by atoms with Crippen LogP contribution >= 0.6 is 7.82 Å². The van der Waals surface area contributed by atoms with Gasteiger partial charge in [-0.15, -0.1) is 0 Å². The Morgan fingerprint density at radius 1 is 0.692 bits per heavy atom. The highest BCUT2D eigenvalue weighted by molar-refractivity contribution is 7.45. The van der Waals surface area contributed by atoms with Gasteiger partial charge in [-0.25, -0.2) is 0 Å². The fraction of sp³-hybridized carbons (Fsp3) is 0.904. The summed E-state index contributed by atoms with van der Waals surface area (Å²) in [5.74, 6) is -1.57. The molecule has 0 radical (unpaired) electrons. The highest BCUT2D eigenvalue weighted by Gasteiger charge is 2.39. The molecule has 1 rings (SSSR count). The zero-order valence-corrected chi connectivity index (χ0v) is 43.1. The van der Waals surface area contributed by atoms with Crippen molar-refractivity contribution in [3.63, 3.8) is 0 Å². The van der Waals surface area contributed by atoms with Gasteiger partial charge in [0.05, 0.1) is 40.0 Å². The molecule has 65 heavy (non-hydrogen) atoms. The number of nitrogens with zero attached hydrogens (tertiary/aromatic N) is 1. The SMILES string of the molecule is CCCCCCCCCCCCCCCCCCCCCCCC(=O)OC[C@H](COP(=O)([O-])OCC[N+](C)(C)C)OC(=O)CCCCCC[C@H]1[C@@H](O)CC(=O)[C@@H]1/C=C/[C@@H](O)CCCCC. The van der Waals surface area contributed by atoms with Crippen LogP contribution in [0.4, 0.5) is 0 Å². The van der Waals surface area contributed by atoms with Gasteiger partial charge < -0.3 is 38.1 Å². The molecule has 0 aromatic rings. The minimum atomic E-state index is -4.69. The zero-order valence-electron chi connectivity index (χ0n) is 42.2. The Hall–Kier alpha value is -1.66. The van der Waals surface area contributed by atoms with Crippen LogP contribution in [0.1, 0.15) is 226 Å². The van der Waals surface area contributed by atoms with Crippen molar-refractivity contribution in [3.05, 3.63) is 12.2 Å². The number of aliphatic hydroxyl groups excluding tert-OH is 2. The number of likely N-dealkylation sites (N-methyl/N-ethyl adjacent to an activating group) is 1. The molecule has 0 spiro atoms. The van der Waals surface area contributed by atoms with Crippen molar-refractivity contribution in [2.45, 2.75) is 244 Å². The molecule has 2 N–H and O–H groups in total. The molecule has 13 heteroatoms. The fourth-order valence-corrected chi connectivity index (χ4v) is 9.23. The van der Waals surface area contributed by atoms with Gasteiger partial charge in [0.15, 0.2) is 6.10 Å². The van der Waals surface area contributed by atoms with Crippen LogP contribution in [0.3, 0.4) is 0 Å². The second-order valence-corrected chi connectivity index (χ2v) is 21.4. The number of esters is 2. The standard InChI is InChI=1S/C52H98NO11P/c1-6-8-10-11-12-13-14-15-16-17-18-19-20-21-22-23-24-25-26-27-32-36-51(57)61-43-46(44-63-65(59,60)62-41-40-53(3,4)5)64-52(58)37-33-29-28-31-35-47-48(50(56)42-49(47)55)39-38-45(54)34-30-9-7-2/h38-39,45-49,54-55H,6-37,40-44H2,1-5H3/b39-38+/t45-,46+,47+,48+,49-/m0/s1. The van der Waals surface area contributed by atoms with Crippen LogP contribution in [0.15, 0.2) is 12.2 Å². The van der Waals surface area contributed by atoms with Gasteiger partial charge in [-0.2, -0.15) is 0 Å². The number of Topliss-reactive ketones (excluding diaryl/α,β-unsaturated/α-hetero) is 1. The number of ketones is 1. The van der Waals surface area contributed by atoms with Gasteiger partial charge in [-0.1, -0.05) is 193 Å². The van der Waals surface area contributed by atoms with E-state index in [-0.39, 0.29) is 44.2 Å². The highest BCUT2D eigenvalue weighted by atomic mass is 31.2. The lowest BCUT2D eigenvalue weighted by Crippen LogP contribution is -2.37. The Bertz CT molecular complexity index is 1270. The minimum absolute atomic E-state index is 0.00145. The molecule has 0 heterocycles. The molecule has 12 nitrogen and oxygen atoms in total. The summed E-state index contributed by atoms with van der Waals surface area (Å²) >= 11 is 0. The third kappa shape index (κ3) is 36.1. The summed E-state index contributed by atoms with van der Waals surface area (Å²) in [5.41, 5.74) is 0. The Morgan fingerprint density at radius 3 is 1.66 bits per heavy atom. The number of hydrogen-bond donors (Lipinski definition) is 2. The summed E-state index contributed by atoms with van der Waals surface area (Å²) in [5, 5.41) is 20.9. The van der Waals surface area contributed by atoms with Crippen LogP contribution in [0, 0.1) is 11.8 Å². The molecule has 0 bridgehead atoms. The molecule has 0 aromatic heterocycles. The van der Waals surface area contributed by atoms with Crippen LogP contribution in [-0.2, 0) is 37.5 Å². The number of unbranched alkanes of at least 4 members (excludes halogenated alkanes) is 25. The van der Waals surface area contributed by atoms with E-state index in [0.717, 1.165) is 51.4 Å². The van der Waals surface area contributed by atoms with E-state index in [0.29, 0.717) is 43.1 Å². The molecule has 382 valence electrons. The number of quaternary nitrogens is 1. The van der Waals surface area contributed by atoms with E-state index in [9.17, 15) is 34.1 Å². The zero-order chi connectivity index (χ0) is 48.0. The first-order chi connectivity index (χ1) is 31.2. The van der Waals surface area contributed by atoms with Crippen molar-refractivity contribution in [1.82, 2.24) is 0 Å². The van der Waals surface area contributed by atoms with E-state index in [1.165, 1.54) is 109 Å². The molecule has 0 aromatic carbocycles. The fourth-order valence-electron chi connectivity index (χ4n) is 8.50. The quantitative estimate of drug-likeness (QED) is 0.0196. The molecular weight excluding hydrogens is 846 g/mol. The second kappa shape index (κ2) is 39.2. The highest BCUT2D eigenvalue weighted by Crippen LogP contribution is 2.38. The summed E-state index contributed by atoms with van der Waals surface area (Å²) in [6.45, 7) is 3.89. The van der Waals surface area contributed by atoms with Crippen molar-refractivity contribution in [2.24, 2.45) is 11.8 Å². The van der Waals surface area contributed by atoms with E-state index in [4.69, 9.17) is 18.5 Å². The molecule has 0 saturated heterocycles. The number of allylic oxidation sites excluding steroid dienone is 1. The van der Waals surface area contributed by atoms with Crippen molar-refractivity contribution in [1.29, 1.82) is 0 Å². The normalized spacial score (nSPS) is 18.6. The van der Waals surface area contributed by atoms with Crippen LogP contribution in [-0.4, -0.2) is 98.2 Å². The maximum Gasteiger partial charge on any atom is 0.306 e. The van der Waals surface area contributed by atoms with Crippen molar-refractivity contribution < 1.29 is 57.1 Å². The summed E-state index contributed by atoms with van der Waals surface area (Å²) in [7, 11) is 1.03. The third-order valence-electron chi connectivity index (χ3n) is 12.7. The third-order valence-corrected chi connectivity index (χ3v) is 13.7. The predicted molar refractivity (Wildman–Crippen MR) is 260 cm³/mol. The van der Waals surface area contributed by atoms with Crippen molar-refractivity contribution in [2.75, 3.05) is 47.5 Å². The Balaban J connectivity index is 2.34. The minimum Gasteiger partial charge on any atom is -0.756 e. The molecule has 0 aliphatic heterocycles. The molecular formula is C52H98NO11P. The average molecular weight is 944 g/mol. The van der Waals surface area contributed by atoms with Crippen LogP contribution in [0.5, 0.6) is 0 Å². The molecule has 1 unspecified atom stereocenters. The van der Waals surface area contributed by atoms with Crippen molar-refractivity contribution >= 4 is 25.5 Å². The monoisotopic (exact) mass is 944 g/mol. The second-order valence-electron chi connectivity index (χ2n) is 20.0. The predicted octanol–water partition coefficient (Wildman–Crippen LogP) is 11.7. The summed E-state index contributed by atoms with van der Waals surface area (Å²) in [4.78, 5) is 50.5. The number of carbonyl (C=O) groups is 3. The summed E-state index contributed by atoms with van der Waals surface area (Å²) in [6.07, 6.45) is 35.7. The first-order valence-corrected chi connectivity index (χ1v) is 28.0. The van der Waals surface area contributed by atoms with Gasteiger partial charge in [0.25, 0.3) is 7.82 Å². The van der Waals surface area contributed by atoms with E-state index >= 15 is 0 Å². The van der Waals surface area contributed by atoms with Crippen LogP contribution < -0.4 is 4.89 Å². The average Bonchev–Trinajstić information content (AvgIpc) is 3.52. The molecule has 1 aliphatic carbocycles. The first-order valence-electron chi connectivity index (χ1n) is 26.5. The van der Waals surface area contributed by atoms with Gasteiger partial charge in [0.1, 0.15) is 25.5 Å². The van der Waals surface area contributed by atoms with Gasteiger partial charge in [0.2, 0.25) is 0 Å². The van der Waals surface area contributed by atoms with E-state index in [1.54, 1.807) is 12.2 Å². The van der Waals surface area contributed by atoms with Crippen molar-refractivity contribution in [3.8, 4) is 0 Å².